The molecule has 0 saturated heterocycles. The molecule has 2 aromatic rings. The van der Waals surface area contributed by atoms with Crippen molar-refractivity contribution in [1.82, 2.24) is 0 Å². The number of benzene rings is 2. The lowest BCUT2D eigenvalue weighted by Crippen LogP contribution is -2.24. The first-order valence-corrected chi connectivity index (χ1v) is 7.76. The molecule has 0 N–H and O–H groups in total. The van der Waals surface area contributed by atoms with Gasteiger partial charge in [0.25, 0.3) is 0 Å². The van der Waals surface area contributed by atoms with Crippen molar-refractivity contribution >= 4 is 5.78 Å². The molecule has 2 heteroatoms. The summed E-state index contributed by atoms with van der Waals surface area (Å²) in [6.07, 6.45) is 0.831. The number of ketones is 1. The van der Waals surface area contributed by atoms with Gasteiger partial charge in [-0.1, -0.05) is 51.1 Å². The number of carbonyl (C=O) groups is 1. The smallest absolute Gasteiger partial charge is 0.168 e. The van der Waals surface area contributed by atoms with Crippen LogP contribution in [0.1, 0.15) is 48.7 Å². The fourth-order valence-electron chi connectivity index (χ4n) is 2.25. The third-order valence-electron chi connectivity index (χ3n) is 4.19. The van der Waals surface area contributed by atoms with Crippen LogP contribution in [-0.4, -0.2) is 5.78 Å². The van der Waals surface area contributed by atoms with Crippen molar-refractivity contribution in [1.29, 1.82) is 0 Å². The molecule has 0 fully saturated rings. The summed E-state index contributed by atoms with van der Waals surface area (Å²) in [5.74, 6) is 0.995. The second kappa shape index (κ2) is 6.78. The van der Waals surface area contributed by atoms with E-state index in [0.717, 1.165) is 28.9 Å². The molecular weight excluding hydrogens is 272 g/mol. The van der Waals surface area contributed by atoms with Gasteiger partial charge >= 0.3 is 0 Å². The molecule has 0 atom stereocenters. The lowest BCUT2D eigenvalue weighted by Gasteiger charge is -2.22. The van der Waals surface area contributed by atoms with E-state index in [2.05, 4.69) is 0 Å². The molecule has 0 spiro atoms. The normalized spacial score (nSPS) is 11.3. The van der Waals surface area contributed by atoms with Crippen LogP contribution in [0.5, 0.6) is 5.75 Å². The molecule has 0 heterocycles. The quantitative estimate of drug-likeness (QED) is 0.685. The predicted octanol–water partition coefficient (Wildman–Crippen LogP) is 5.19. The van der Waals surface area contributed by atoms with Crippen molar-refractivity contribution in [3.8, 4) is 5.75 Å². The summed E-state index contributed by atoms with van der Waals surface area (Å²) in [5.41, 5.74) is 2.57. The molecule has 116 valence electrons. The minimum atomic E-state index is -0.322. The Kier molecular flexibility index (Phi) is 5.02. The van der Waals surface area contributed by atoms with Gasteiger partial charge in [0.2, 0.25) is 0 Å². The molecule has 2 aromatic carbocycles. The van der Waals surface area contributed by atoms with E-state index in [9.17, 15) is 4.79 Å². The van der Waals surface area contributed by atoms with Crippen molar-refractivity contribution in [2.75, 3.05) is 0 Å². The number of hydrogen-bond acceptors (Lipinski definition) is 2. The molecule has 0 bridgehead atoms. The Hall–Kier alpha value is -2.09. The molecule has 0 unspecified atom stereocenters. The van der Waals surface area contributed by atoms with E-state index in [4.69, 9.17) is 4.74 Å². The van der Waals surface area contributed by atoms with Gasteiger partial charge in [0.05, 0.1) is 0 Å². The van der Waals surface area contributed by atoms with Gasteiger partial charge in [-0.2, -0.15) is 0 Å². The van der Waals surface area contributed by atoms with Crippen LogP contribution in [0, 0.1) is 12.3 Å². The summed E-state index contributed by atoms with van der Waals surface area (Å²) in [4.78, 5) is 12.6. The Morgan fingerprint density at radius 1 is 1.09 bits per heavy atom. The Morgan fingerprint density at radius 3 is 2.36 bits per heavy atom. The maximum Gasteiger partial charge on any atom is 0.168 e. The predicted molar refractivity (Wildman–Crippen MR) is 90.4 cm³/mol. The Bertz CT molecular complexity index is 642. The molecule has 0 radical (unpaired) electrons. The fourth-order valence-corrected chi connectivity index (χ4v) is 2.25. The maximum atomic E-state index is 12.6. The van der Waals surface area contributed by atoms with Crippen molar-refractivity contribution in [3.05, 3.63) is 65.2 Å². The van der Waals surface area contributed by atoms with E-state index in [1.54, 1.807) is 0 Å². The summed E-state index contributed by atoms with van der Waals surface area (Å²) in [7, 11) is 0. The number of aryl methyl sites for hydroxylation is 1. The van der Waals surface area contributed by atoms with Crippen LogP contribution in [0.15, 0.2) is 48.5 Å². The summed E-state index contributed by atoms with van der Waals surface area (Å²) in [6.45, 7) is 8.54. The van der Waals surface area contributed by atoms with E-state index in [-0.39, 0.29) is 11.2 Å². The standard InChI is InChI=1S/C20H24O2/c1-5-20(3,4)19(21)18-12-11-17(13-15(18)2)22-14-16-9-7-6-8-10-16/h6-13H,5,14H2,1-4H3. The van der Waals surface area contributed by atoms with Crippen molar-refractivity contribution in [2.45, 2.75) is 40.7 Å². The fraction of sp³-hybridized carbons (Fsp3) is 0.350. The molecule has 0 aliphatic rings. The Labute approximate surface area is 133 Å². The average molecular weight is 296 g/mol. The lowest BCUT2D eigenvalue weighted by molar-refractivity contribution is 0.0832. The Morgan fingerprint density at radius 2 is 1.77 bits per heavy atom. The molecular formula is C20H24O2. The SMILES string of the molecule is CCC(C)(C)C(=O)c1ccc(OCc2ccccc2)cc1C. The van der Waals surface area contributed by atoms with Gasteiger partial charge in [0.1, 0.15) is 12.4 Å². The van der Waals surface area contributed by atoms with Crippen molar-refractivity contribution < 1.29 is 9.53 Å². The first-order chi connectivity index (χ1) is 10.4. The van der Waals surface area contributed by atoms with E-state index >= 15 is 0 Å². The summed E-state index contributed by atoms with van der Waals surface area (Å²) in [5, 5.41) is 0. The minimum Gasteiger partial charge on any atom is -0.489 e. The number of carbonyl (C=O) groups excluding carboxylic acids is 1. The molecule has 2 rings (SSSR count). The van der Waals surface area contributed by atoms with E-state index in [0.29, 0.717) is 6.61 Å². The molecule has 2 nitrogen and oxygen atoms in total. The molecule has 0 amide bonds. The third kappa shape index (κ3) is 3.76. The number of rotatable bonds is 6. The number of ether oxygens (including phenoxy) is 1. The number of Topliss-reactive ketones (excluding diaryl/α,β-unsaturated/α-hetero) is 1. The van der Waals surface area contributed by atoms with Crippen LogP contribution in [0.3, 0.4) is 0 Å². The zero-order valence-corrected chi connectivity index (χ0v) is 13.8. The zero-order chi connectivity index (χ0) is 16.2. The average Bonchev–Trinajstić information content (AvgIpc) is 2.53. The summed E-state index contributed by atoms with van der Waals surface area (Å²) in [6, 6.07) is 15.8. The molecule has 0 aliphatic heterocycles. The highest BCUT2D eigenvalue weighted by Gasteiger charge is 2.27. The van der Waals surface area contributed by atoms with Gasteiger partial charge in [0, 0.05) is 11.0 Å². The van der Waals surface area contributed by atoms with Gasteiger partial charge in [-0.05, 0) is 42.7 Å². The molecule has 0 aromatic heterocycles. The highest BCUT2D eigenvalue weighted by molar-refractivity contribution is 6.01. The third-order valence-corrected chi connectivity index (χ3v) is 4.19. The first kappa shape index (κ1) is 16.3. The minimum absolute atomic E-state index is 0.196. The Balaban J connectivity index is 2.11. The summed E-state index contributed by atoms with van der Waals surface area (Å²) >= 11 is 0. The van der Waals surface area contributed by atoms with Gasteiger partial charge in [-0.3, -0.25) is 4.79 Å². The monoisotopic (exact) mass is 296 g/mol. The van der Waals surface area contributed by atoms with Crippen LogP contribution in [0.4, 0.5) is 0 Å². The zero-order valence-electron chi connectivity index (χ0n) is 13.8. The van der Waals surface area contributed by atoms with Gasteiger partial charge in [-0.25, -0.2) is 0 Å². The van der Waals surface area contributed by atoms with Crippen LogP contribution in [0.25, 0.3) is 0 Å². The summed E-state index contributed by atoms with van der Waals surface area (Å²) < 4.78 is 5.81. The van der Waals surface area contributed by atoms with Crippen LogP contribution in [0.2, 0.25) is 0 Å². The first-order valence-electron chi connectivity index (χ1n) is 7.76. The van der Waals surface area contributed by atoms with Crippen molar-refractivity contribution in [2.24, 2.45) is 5.41 Å². The van der Waals surface area contributed by atoms with E-state index in [1.165, 1.54) is 0 Å². The second-order valence-electron chi connectivity index (χ2n) is 6.32. The van der Waals surface area contributed by atoms with Crippen molar-refractivity contribution in [3.63, 3.8) is 0 Å². The molecule has 0 aliphatic carbocycles. The van der Waals surface area contributed by atoms with Gasteiger partial charge in [0.15, 0.2) is 5.78 Å². The van der Waals surface area contributed by atoms with Crippen LogP contribution >= 0.6 is 0 Å². The lowest BCUT2D eigenvalue weighted by atomic mass is 9.81. The topological polar surface area (TPSA) is 26.3 Å². The van der Waals surface area contributed by atoms with Gasteiger partial charge < -0.3 is 4.74 Å². The van der Waals surface area contributed by atoms with Crippen LogP contribution < -0.4 is 4.74 Å². The highest BCUT2D eigenvalue weighted by atomic mass is 16.5. The van der Waals surface area contributed by atoms with E-state index < -0.39 is 0 Å². The molecule has 0 saturated carbocycles. The largest absolute Gasteiger partial charge is 0.489 e. The molecule has 22 heavy (non-hydrogen) atoms. The maximum absolute atomic E-state index is 12.6. The van der Waals surface area contributed by atoms with Gasteiger partial charge in [-0.15, -0.1) is 0 Å². The van der Waals surface area contributed by atoms with E-state index in [1.807, 2.05) is 76.2 Å². The van der Waals surface area contributed by atoms with Crippen LogP contribution in [-0.2, 0) is 6.61 Å². The second-order valence-corrected chi connectivity index (χ2v) is 6.32. The highest BCUT2D eigenvalue weighted by Crippen LogP contribution is 2.28. The number of hydrogen-bond donors (Lipinski definition) is 0.